The summed E-state index contributed by atoms with van der Waals surface area (Å²) in [7, 11) is 0. The van der Waals surface area contributed by atoms with Crippen LogP contribution in [0.4, 0.5) is 5.69 Å². The lowest BCUT2D eigenvalue weighted by Gasteiger charge is -2.13. The molecule has 1 fully saturated rings. The molecule has 0 spiro atoms. The van der Waals surface area contributed by atoms with Gasteiger partial charge in [-0.15, -0.1) is 0 Å². The number of hydrogen-bond acceptors (Lipinski definition) is 7. The summed E-state index contributed by atoms with van der Waals surface area (Å²) in [6, 6.07) is 2.42. The maximum absolute atomic E-state index is 12.2. The Morgan fingerprint density at radius 1 is 1.35 bits per heavy atom. The lowest BCUT2D eigenvalue weighted by Crippen LogP contribution is -2.37. The number of esters is 1. The van der Waals surface area contributed by atoms with Gasteiger partial charge in [0.05, 0.1) is 11.0 Å². The van der Waals surface area contributed by atoms with Crippen LogP contribution in [0.15, 0.2) is 12.1 Å². The predicted octanol–water partition coefficient (Wildman–Crippen LogP) is 1.15. The minimum atomic E-state index is -1.05. The zero-order chi connectivity index (χ0) is 16.6. The monoisotopic (exact) mass is 322 g/mol. The molecule has 1 unspecified atom stereocenters. The Morgan fingerprint density at radius 3 is 2.61 bits per heavy atom. The Morgan fingerprint density at radius 2 is 2.00 bits per heavy atom. The Balaban J connectivity index is 1.78. The molecular weight excluding hydrogens is 308 g/mol. The molecule has 1 aromatic rings. The van der Waals surface area contributed by atoms with Crippen LogP contribution in [-0.2, 0) is 9.53 Å². The third-order valence-electron chi connectivity index (χ3n) is 3.48. The van der Waals surface area contributed by atoms with Crippen LogP contribution in [-0.4, -0.2) is 35.7 Å². The lowest BCUT2D eigenvalue weighted by molar-refractivity contribution is -0.385. The van der Waals surface area contributed by atoms with Gasteiger partial charge in [0, 0.05) is 12.1 Å². The van der Waals surface area contributed by atoms with E-state index in [1.54, 1.807) is 0 Å². The highest BCUT2D eigenvalue weighted by atomic mass is 16.7. The van der Waals surface area contributed by atoms with Crippen LogP contribution in [0.5, 0.6) is 11.5 Å². The Bertz CT molecular complexity index is 684. The van der Waals surface area contributed by atoms with Crippen LogP contribution < -0.4 is 14.8 Å². The first-order valence-electron chi connectivity index (χ1n) is 7.05. The topological polar surface area (TPSA) is 117 Å². The summed E-state index contributed by atoms with van der Waals surface area (Å²) in [6.45, 7) is 1.33. The summed E-state index contributed by atoms with van der Waals surface area (Å²) in [4.78, 5) is 34.4. The van der Waals surface area contributed by atoms with Gasteiger partial charge in [0.15, 0.2) is 17.6 Å². The minimum Gasteiger partial charge on any atom is -0.454 e. The third kappa shape index (κ3) is 3.17. The average molecular weight is 322 g/mol. The Hall–Kier alpha value is -2.84. The molecule has 1 atom stereocenters. The van der Waals surface area contributed by atoms with Crippen molar-refractivity contribution in [3.05, 3.63) is 27.8 Å². The normalized spacial score (nSPS) is 16.6. The molecular formula is C14H14N2O7. The molecule has 3 rings (SSSR count). The number of benzene rings is 1. The third-order valence-corrected chi connectivity index (χ3v) is 3.48. The van der Waals surface area contributed by atoms with E-state index >= 15 is 0 Å². The second-order valence-electron chi connectivity index (χ2n) is 5.31. The zero-order valence-electron chi connectivity index (χ0n) is 12.2. The van der Waals surface area contributed by atoms with Gasteiger partial charge in [0.2, 0.25) is 6.79 Å². The molecule has 9 nitrogen and oxygen atoms in total. The van der Waals surface area contributed by atoms with E-state index in [-0.39, 0.29) is 29.9 Å². The molecule has 122 valence electrons. The Kier molecular flexibility index (Phi) is 3.77. The molecule has 1 N–H and O–H groups in total. The van der Waals surface area contributed by atoms with Gasteiger partial charge in [-0.3, -0.25) is 14.9 Å². The standard InChI is InChI=1S/C14H14N2O7/c1-7(13(17)15-8-2-3-8)23-14(18)9-4-11-12(22-6-21-11)5-10(9)16(19)20/h4-5,7-8H,2-3,6H2,1H3,(H,15,17). The molecule has 1 amide bonds. The molecule has 2 aliphatic rings. The smallest absolute Gasteiger partial charge is 0.346 e. The molecule has 0 bridgehead atoms. The summed E-state index contributed by atoms with van der Waals surface area (Å²) in [6.07, 6.45) is 0.758. The largest absolute Gasteiger partial charge is 0.454 e. The van der Waals surface area contributed by atoms with Gasteiger partial charge in [-0.25, -0.2) is 4.79 Å². The van der Waals surface area contributed by atoms with Gasteiger partial charge in [0.1, 0.15) is 5.56 Å². The number of ether oxygens (including phenoxy) is 3. The number of amides is 1. The lowest BCUT2D eigenvalue weighted by atomic mass is 10.1. The quantitative estimate of drug-likeness (QED) is 0.491. The number of hydrogen-bond donors (Lipinski definition) is 1. The number of fused-ring (bicyclic) bond motifs is 1. The fourth-order valence-corrected chi connectivity index (χ4v) is 2.07. The van der Waals surface area contributed by atoms with Crippen molar-refractivity contribution in [1.29, 1.82) is 0 Å². The van der Waals surface area contributed by atoms with E-state index in [2.05, 4.69) is 5.32 Å². The predicted molar refractivity (Wildman–Crippen MR) is 75.3 cm³/mol. The van der Waals surface area contributed by atoms with Gasteiger partial charge in [-0.2, -0.15) is 0 Å². The first-order chi connectivity index (χ1) is 11.0. The molecule has 0 radical (unpaired) electrons. The van der Waals surface area contributed by atoms with E-state index in [1.165, 1.54) is 13.0 Å². The fourth-order valence-electron chi connectivity index (χ4n) is 2.07. The van der Waals surface area contributed by atoms with Gasteiger partial charge in [-0.1, -0.05) is 0 Å². The van der Waals surface area contributed by atoms with Gasteiger partial charge in [-0.05, 0) is 19.8 Å². The number of nitrogens with one attached hydrogen (secondary N) is 1. The van der Waals surface area contributed by atoms with Crippen molar-refractivity contribution in [3.63, 3.8) is 0 Å². The highest BCUT2D eigenvalue weighted by Crippen LogP contribution is 2.38. The van der Waals surface area contributed by atoms with Crippen molar-refractivity contribution in [2.24, 2.45) is 0 Å². The van der Waals surface area contributed by atoms with Crippen molar-refractivity contribution in [2.45, 2.75) is 31.9 Å². The zero-order valence-corrected chi connectivity index (χ0v) is 12.2. The van der Waals surface area contributed by atoms with Gasteiger partial charge in [0.25, 0.3) is 11.6 Å². The molecule has 23 heavy (non-hydrogen) atoms. The highest BCUT2D eigenvalue weighted by molar-refractivity contribution is 5.96. The van der Waals surface area contributed by atoms with Crippen molar-refractivity contribution in [3.8, 4) is 11.5 Å². The minimum absolute atomic E-state index is 0.0782. The maximum atomic E-state index is 12.2. The molecule has 1 saturated carbocycles. The van der Waals surface area contributed by atoms with Crippen molar-refractivity contribution in [2.75, 3.05) is 6.79 Å². The van der Waals surface area contributed by atoms with Crippen LogP contribution in [0.25, 0.3) is 0 Å². The van der Waals surface area contributed by atoms with Gasteiger partial charge < -0.3 is 19.5 Å². The summed E-state index contributed by atoms with van der Waals surface area (Å²) < 4.78 is 15.2. The van der Waals surface area contributed by atoms with Crippen LogP contribution in [0, 0.1) is 10.1 Å². The summed E-state index contributed by atoms with van der Waals surface area (Å²) in [5, 5.41) is 13.8. The van der Waals surface area contributed by atoms with E-state index in [0.29, 0.717) is 0 Å². The SMILES string of the molecule is CC(OC(=O)c1cc2c(cc1[N+](=O)[O-])OCO2)C(=O)NC1CC1. The first-order valence-corrected chi connectivity index (χ1v) is 7.05. The number of nitro groups is 1. The molecule has 0 aromatic heterocycles. The van der Waals surface area contributed by atoms with Crippen LogP contribution in [0.1, 0.15) is 30.1 Å². The van der Waals surface area contributed by atoms with Crippen molar-refractivity contribution in [1.82, 2.24) is 5.32 Å². The molecule has 9 heteroatoms. The number of carbonyl (C=O) groups is 2. The van der Waals surface area contributed by atoms with E-state index < -0.39 is 28.6 Å². The number of rotatable bonds is 5. The number of carbonyl (C=O) groups excluding carboxylic acids is 2. The molecule has 1 aliphatic carbocycles. The first kappa shape index (κ1) is 15.1. The molecule has 1 aromatic carbocycles. The maximum Gasteiger partial charge on any atom is 0.346 e. The second-order valence-corrected chi connectivity index (χ2v) is 5.31. The molecule has 1 heterocycles. The van der Waals surface area contributed by atoms with E-state index in [9.17, 15) is 19.7 Å². The van der Waals surface area contributed by atoms with E-state index in [4.69, 9.17) is 14.2 Å². The average Bonchev–Trinajstić information content (AvgIpc) is 3.19. The summed E-state index contributed by atoms with van der Waals surface area (Å²) >= 11 is 0. The van der Waals surface area contributed by atoms with Gasteiger partial charge >= 0.3 is 5.97 Å². The van der Waals surface area contributed by atoms with Crippen LogP contribution in [0.2, 0.25) is 0 Å². The summed E-state index contributed by atoms with van der Waals surface area (Å²) in [5.74, 6) is -0.983. The van der Waals surface area contributed by atoms with Crippen molar-refractivity contribution >= 4 is 17.6 Å². The molecule has 0 saturated heterocycles. The highest BCUT2D eigenvalue weighted by Gasteiger charge is 2.31. The van der Waals surface area contributed by atoms with Crippen LogP contribution >= 0.6 is 0 Å². The van der Waals surface area contributed by atoms with Crippen molar-refractivity contribution < 1.29 is 28.7 Å². The Labute approximate surface area is 130 Å². The molecule has 1 aliphatic heterocycles. The second kappa shape index (κ2) is 5.75. The fraction of sp³-hybridized carbons (Fsp3) is 0.429. The number of nitrogens with zero attached hydrogens (tertiary/aromatic N) is 1. The van der Waals surface area contributed by atoms with E-state index in [0.717, 1.165) is 18.9 Å². The van der Waals surface area contributed by atoms with E-state index in [1.807, 2.05) is 0 Å². The number of nitro benzene ring substituents is 1. The van der Waals surface area contributed by atoms with Crippen LogP contribution in [0.3, 0.4) is 0 Å². The summed E-state index contributed by atoms with van der Waals surface area (Å²) in [5.41, 5.74) is -0.751.